The van der Waals surface area contributed by atoms with Crippen molar-refractivity contribution >= 4 is 0 Å². The van der Waals surface area contributed by atoms with E-state index in [4.69, 9.17) is 4.74 Å². The quantitative estimate of drug-likeness (QED) is 0.720. The van der Waals surface area contributed by atoms with Gasteiger partial charge in [-0.2, -0.15) is 0 Å². The van der Waals surface area contributed by atoms with Gasteiger partial charge in [0.1, 0.15) is 0 Å². The average molecular weight is 228 g/mol. The standard InChI is InChI=1S/C13H28N2O/c1-4-7-14-13-5-8-15(9-6-13)10-11-16-12(2)3/h12-14H,4-11H2,1-3H3. The Labute approximate surface area is 101 Å². The first-order valence-electron chi connectivity index (χ1n) is 6.79. The van der Waals surface area contributed by atoms with Gasteiger partial charge in [-0.3, -0.25) is 0 Å². The molecule has 0 aromatic carbocycles. The zero-order valence-corrected chi connectivity index (χ0v) is 11.2. The SMILES string of the molecule is CCCNC1CCN(CCOC(C)C)CC1. The normalized spacial score (nSPS) is 19.5. The van der Waals surface area contributed by atoms with Crippen LogP contribution in [0.2, 0.25) is 0 Å². The minimum atomic E-state index is 0.365. The molecular formula is C13H28N2O. The summed E-state index contributed by atoms with van der Waals surface area (Å²) in [7, 11) is 0. The van der Waals surface area contributed by atoms with Crippen LogP contribution in [0.1, 0.15) is 40.0 Å². The predicted molar refractivity (Wildman–Crippen MR) is 68.8 cm³/mol. The highest BCUT2D eigenvalue weighted by atomic mass is 16.5. The van der Waals surface area contributed by atoms with Crippen molar-refractivity contribution in [1.29, 1.82) is 0 Å². The summed E-state index contributed by atoms with van der Waals surface area (Å²) < 4.78 is 5.58. The summed E-state index contributed by atoms with van der Waals surface area (Å²) in [6, 6.07) is 0.752. The van der Waals surface area contributed by atoms with Crippen molar-refractivity contribution in [2.75, 3.05) is 32.8 Å². The van der Waals surface area contributed by atoms with Crippen LogP contribution in [-0.2, 0) is 4.74 Å². The molecule has 0 bridgehead atoms. The largest absolute Gasteiger partial charge is 0.377 e. The molecule has 1 aliphatic rings. The van der Waals surface area contributed by atoms with Crippen molar-refractivity contribution in [3.63, 3.8) is 0 Å². The number of hydrogen-bond acceptors (Lipinski definition) is 3. The van der Waals surface area contributed by atoms with Crippen LogP contribution in [0.15, 0.2) is 0 Å². The number of likely N-dealkylation sites (tertiary alicyclic amines) is 1. The number of hydrogen-bond donors (Lipinski definition) is 1. The highest BCUT2D eigenvalue weighted by molar-refractivity contribution is 4.76. The number of ether oxygens (including phenoxy) is 1. The van der Waals surface area contributed by atoms with Gasteiger partial charge < -0.3 is 15.0 Å². The minimum Gasteiger partial charge on any atom is -0.377 e. The molecule has 3 heteroatoms. The van der Waals surface area contributed by atoms with Crippen molar-refractivity contribution in [2.24, 2.45) is 0 Å². The van der Waals surface area contributed by atoms with E-state index in [2.05, 4.69) is 31.0 Å². The third kappa shape index (κ3) is 5.83. The predicted octanol–water partition coefficient (Wildman–Crippen LogP) is 1.88. The van der Waals surface area contributed by atoms with E-state index in [0.29, 0.717) is 6.10 Å². The summed E-state index contributed by atoms with van der Waals surface area (Å²) in [5.74, 6) is 0. The lowest BCUT2D eigenvalue weighted by Crippen LogP contribution is -2.43. The second kappa shape index (κ2) is 8.04. The summed E-state index contributed by atoms with van der Waals surface area (Å²) in [4.78, 5) is 2.52. The fraction of sp³-hybridized carbons (Fsp3) is 1.00. The highest BCUT2D eigenvalue weighted by Crippen LogP contribution is 2.09. The molecular weight excluding hydrogens is 200 g/mol. The van der Waals surface area contributed by atoms with E-state index in [1.807, 2.05) is 0 Å². The van der Waals surface area contributed by atoms with Crippen molar-refractivity contribution in [1.82, 2.24) is 10.2 Å². The average Bonchev–Trinajstić information content (AvgIpc) is 2.27. The van der Waals surface area contributed by atoms with Crippen molar-refractivity contribution in [3.05, 3.63) is 0 Å². The Morgan fingerprint density at radius 3 is 2.56 bits per heavy atom. The molecule has 0 spiro atoms. The maximum atomic E-state index is 5.58. The fourth-order valence-electron chi connectivity index (χ4n) is 2.13. The summed E-state index contributed by atoms with van der Waals surface area (Å²) in [6.07, 6.45) is 4.19. The van der Waals surface area contributed by atoms with E-state index in [0.717, 1.165) is 19.2 Å². The van der Waals surface area contributed by atoms with E-state index in [9.17, 15) is 0 Å². The molecule has 1 saturated heterocycles. The van der Waals surface area contributed by atoms with Crippen LogP contribution in [-0.4, -0.2) is 49.8 Å². The number of nitrogens with zero attached hydrogens (tertiary/aromatic N) is 1. The molecule has 0 aromatic heterocycles. The molecule has 96 valence electrons. The van der Waals surface area contributed by atoms with Crippen molar-refractivity contribution < 1.29 is 4.74 Å². The summed E-state index contributed by atoms with van der Waals surface area (Å²) in [6.45, 7) is 12.0. The fourth-order valence-corrected chi connectivity index (χ4v) is 2.13. The van der Waals surface area contributed by atoms with Gasteiger partial charge in [-0.1, -0.05) is 6.92 Å². The van der Waals surface area contributed by atoms with Crippen LogP contribution in [0, 0.1) is 0 Å². The Kier molecular flexibility index (Phi) is 7.01. The van der Waals surface area contributed by atoms with Gasteiger partial charge in [0.15, 0.2) is 0 Å². The molecule has 1 aliphatic heterocycles. The number of piperidine rings is 1. The Hall–Kier alpha value is -0.120. The van der Waals surface area contributed by atoms with Crippen LogP contribution in [0.25, 0.3) is 0 Å². The Morgan fingerprint density at radius 1 is 1.31 bits per heavy atom. The van der Waals surface area contributed by atoms with Crippen LogP contribution in [0.3, 0.4) is 0 Å². The first-order chi connectivity index (χ1) is 7.72. The van der Waals surface area contributed by atoms with Gasteiger partial charge in [-0.05, 0) is 52.7 Å². The monoisotopic (exact) mass is 228 g/mol. The molecule has 1 N–H and O–H groups in total. The minimum absolute atomic E-state index is 0.365. The summed E-state index contributed by atoms with van der Waals surface area (Å²) >= 11 is 0. The Morgan fingerprint density at radius 2 is 2.00 bits per heavy atom. The van der Waals surface area contributed by atoms with Crippen LogP contribution >= 0.6 is 0 Å². The lowest BCUT2D eigenvalue weighted by molar-refractivity contribution is 0.0527. The Bertz CT molecular complexity index is 165. The highest BCUT2D eigenvalue weighted by Gasteiger charge is 2.17. The molecule has 0 atom stereocenters. The van der Waals surface area contributed by atoms with Gasteiger partial charge in [0.2, 0.25) is 0 Å². The second-order valence-corrected chi connectivity index (χ2v) is 4.99. The lowest BCUT2D eigenvalue weighted by Gasteiger charge is -2.32. The molecule has 0 saturated carbocycles. The van der Waals surface area contributed by atoms with Crippen LogP contribution < -0.4 is 5.32 Å². The van der Waals surface area contributed by atoms with Gasteiger partial charge in [0.05, 0.1) is 12.7 Å². The molecule has 3 nitrogen and oxygen atoms in total. The van der Waals surface area contributed by atoms with E-state index < -0.39 is 0 Å². The maximum Gasteiger partial charge on any atom is 0.0596 e. The lowest BCUT2D eigenvalue weighted by atomic mass is 10.1. The smallest absolute Gasteiger partial charge is 0.0596 e. The molecule has 0 radical (unpaired) electrons. The van der Waals surface area contributed by atoms with Crippen LogP contribution in [0.4, 0.5) is 0 Å². The van der Waals surface area contributed by atoms with E-state index in [-0.39, 0.29) is 0 Å². The first-order valence-corrected chi connectivity index (χ1v) is 6.79. The van der Waals surface area contributed by atoms with E-state index in [1.54, 1.807) is 0 Å². The molecule has 0 aromatic rings. The van der Waals surface area contributed by atoms with Gasteiger partial charge in [0, 0.05) is 12.6 Å². The topological polar surface area (TPSA) is 24.5 Å². The summed E-state index contributed by atoms with van der Waals surface area (Å²) in [5.41, 5.74) is 0. The molecule has 1 fully saturated rings. The van der Waals surface area contributed by atoms with Crippen molar-refractivity contribution in [2.45, 2.75) is 52.2 Å². The first kappa shape index (κ1) is 13.9. The van der Waals surface area contributed by atoms with Crippen LogP contribution in [0.5, 0.6) is 0 Å². The molecule has 0 amide bonds. The zero-order valence-electron chi connectivity index (χ0n) is 11.2. The maximum absolute atomic E-state index is 5.58. The molecule has 16 heavy (non-hydrogen) atoms. The van der Waals surface area contributed by atoms with E-state index in [1.165, 1.54) is 38.9 Å². The number of nitrogens with one attached hydrogen (secondary N) is 1. The van der Waals surface area contributed by atoms with Gasteiger partial charge in [-0.25, -0.2) is 0 Å². The third-order valence-corrected chi connectivity index (χ3v) is 3.13. The molecule has 1 heterocycles. The van der Waals surface area contributed by atoms with Gasteiger partial charge in [0.25, 0.3) is 0 Å². The third-order valence-electron chi connectivity index (χ3n) is 3.13. The van der Waals surface area contributed by atoms with Crippen molar-refractivity contribution in [3.8, 4) is 0 Å². The van der Waals surface area contributed by atoms with Gasteiger partial charge in [-0.15, -0.1) is 0 Å². The molecule has 0 unspecified atom stereocenters. The molecule has 0 aliphatic carbocycles. The van der Waals surface area contributed by atoms with E-state index >= 15 is 0 Å². The zero-order chi connectivity index (χ0) is 11.8. The second-order valence-electron chi connectivity index (χ2n) is 4.99. The number of rotatable bonds is 7. The van der Waals surface area contributed by atoms with Gasteiger partial charge >= 0.3 is 0 Å². The Balaban J connectivity index is 2.03. The summed E-state index contributed by atoms with van der Waals surface area (Å²) in [5, 5.41) is 3.61. The molecule has 1 rings (SSSR count).